The third-order valence-electron chi connectivity index (χ3n) is 7.94. The smallest absolute Gasteiger partial charge is 0.272 e. The normalized spacial score (nSPS) is 11.8. The van der Waals surface area contributed by atoms with Crippen LogP contribution >= 0.6 is 23.1 Å². The summed E-state index contributed by atoms with van der Waals surface area (Å²) in [6.07, 6.45) is 1.66. The summed E-state index contributed by atoms with van der Waals surface area (Å²) >= 11 is 2.86. The van der Waals surface area contributed by atoms with Gasteiger partial charge in [-0.15, -0.1) is 23.1 Å². The van der Waals surface area contributed by atoms with Crippen LogP contribution in [-0.4, -0.2) is 22.7 Å². The Balaban J connectivity index is 1.18. The SMILES string of the molecule is Cc1ccc(-c2nc(NC(=O)C(Sc3ccc(NC(=O)/C(=C/c4cccc(C)c4)NC(=O)c4ccccc4)cc3)c3ccccc3)sc2C)cc1. The van der Waals surface area contributed by atoms with Crippen molar-refractivity contribution in [3.8, 4) is 11.3 Å². The van der Waals surface area contributed by atoms with E-state index >= 15 is 0 Å². The molecule has 3 amide bonds. The van der Waals surface area contributed by atoms with Gasteiger partial charge in [-0.1, -0.05) is 108 Å². The molecule has 1 heterocycles. The van der Waals surface area contributed by atoms with Gasteiger partial charge in [0.1, 0.15) is 10.9 Å². The predicted molar refractivity (Wildman–Crippen MR) is 209 cm³/mol. The summed E-state index contributed by atoms with van der Waals surface area (Å²) in [4.78, 5) is 47.0. The second-order valence-electron chi connectivity index (χ2n) is 12.0. The Morgan fingerprint density at radius 3 is 2.10 bits per heavy atom. The monoisotopic (exact) mass is 708 g/mol. The Morgan fingerprint density at radius 1 is 0.725 bits per heavy atom. The van der Waals surface area contributed by atoms with Crippen molar-refractivity contribution in [2.24, 2.45) is 0 Å². The first-order valence-electron chi connectivity index (χ1n) is 16.3. The number of aryl methyl sites for hydroxylation is 3. The fraction of sp³-hybridized carbons (Fsp3) is 0.0952. The molecular weight excluding hydrogens is 673 g/mol. The highest BCUT2D eigenvalue weighted by atomic mass is 32.2. The summed E-state index contributed by atoms with van der Waals surface area (Å²) in [6.45, 7) is 6.02. The van der Waals surface area contributed by atoms with Crippen LogP contribution in [0.4, 0.5) is 10.8 Å². The van der Waals surface area contributed by atoms with Crippen molar-refractivity contribution < 1.29 is 14.4 Å². The quantitative estimate of drug-likeness (QED) is 0.0920. The summed E-state index contributed by atoms with van der Waals surface area (Å²) in [7, 11) is 0. The van der Waals surface area contributed by atoms with Crippen LogP contribution in [0.3, 0.4) is 0 Å². The van der Waals surface area contributed by atoms with Gasteiger partial charge in [0.05, 0.1) is 5.69 Å². The Hall–Kier alpha value is -5.77. The van der Waals surface area contributed by atoms with Crippen molar-refractivity contribution in [3.63, 3.8) is 0 Å². The molecule has 0 fully saturated rings. The number of anilines is 2. The van der Waals surface area contributed by atoms with Crippen molar-refractivity contribution in [2.75, 3.05) is 10.6 Å². The summed E-state index contributed by atoms with van der Waals surface area (Å²) < 4.78 is 0. The molecule has 1 aromatic heterocycles. The molecule has 0 aliphatic heterocycles. The van der Waals surface area contributed by atoms with Gasteiger partial charge in [-0.2, -0.15) is 0 Å². The van der Waals surface area contributed by atoms with Gasteiger partial charge in [-0.3, -0.25) is 14.4 Å². The molecule has 3 N–H and O–H groups in total. The first kappa shape index (κ1) is 35.1. The number of nitrogens with one attached hydrogen (secondary N) is 3. The zero-order chi connectivity index (χ0) is 35.7. The van der Waals surface area contributed by atoms with Gasteiger partial charge in [0, 0.05) is 26.6 Å². The topological polar surface area (TPSA) is 100 Å². The molecular formula is C42H36N4O3S2. The van der Waals surface area contributed by atoms with E-state index in [0.717, 1.165) is 37.7 Å². The molecule has 51 heavy (non-hydrogen) atoms. The molecule has 0 radical (unpaired) electrons. The number of nitrogens with zero attached hydrogens (tertiary/aromatic N) is 1. The first-order valence-corrected chi connectivity index (χ1v) is 18.0. The van der Waals surface area contributed by atoms with Gasteiger partial charge >= 0.3 is 0 Å². The lowest BCUT2D eigenvalue weighted by Gasteiger charge is -2.17. The Bertz CT molecular complexity index is 2180. The van der Waals surface area contributed by atoms with E-state index in [1.165, 1.54) is 28.7 Å². The second-order valence-corrected chi connectivity index (χ2v) is 14.3. The maximum Gasteiger partial charge on any atom is 0.272 e. The van der Waals surface area contributed by atoms with Crippen LogP contribution in [0.15, 0.2) is 144 Å². The van der Waals surface area contributed by atoms with E-state index in [0.29, 0.717) is 16.4 Å². The minimum Gasteiger partial charge on any atom is -0.321 e. The average Bonchev–Trinajstić information content (AvgIpc) is 3.51. The highest BCUT2D eigenvalue weighted by Crippen LogP contribution is 2.38. The lowest BCUT2D eigenvalue weighted by atomic mass is 10.1. The number of carbonyl (C=O) groups excluding carboxylic acids is 3. The molecule has 7 nitrogen and oxygen atoms in total. The van der Waals surface area contributed by atoms with Gasteiger partial charge in [-0.05, 0) is 74.4 Å². The number of aromatic nitrogens is 1. The minimum absolute atomic E-state index is 0.108. The van der Waals surface area contributed by atoms with E-state index in [4.69, 9.17) is 4.98 Å². The number of rotatable bonds is 11. The molecule has 0 saturated heterocycles. The van der Waals surface area contributed by atoms with E-state index in [9.17, 15) is 14.4 Å². The van der Waals surface area contributed by atoms with Gasteiger partial charge < -0.3 is 16.0 Å². The van der Waals surface area contributed by atoms with Gasteiger partial charge in [0.2, 0.25) is 5.91 Å². The molecule has 0 aliphatic rings. The number of carbonyl (C=O) groups is 3. The number of thiazole rings is 1. The fourth-order valence-corrected chi connectivity index (χ4v) is 7.18. The van der Waals surface area contributed by atoms with Crippen LogP contribution in [0.25, 0.3) is 17.3 Å². The first-order chi connectivity index (χ1) is 24.7. The summed E-state index contributed by atoms with van der Waals surface area (Å²) in [5.41, 5.74) is 6.78. The van der Waals surface area contributed by atoms with E-state index in [-0.39, 0.29) is 17.5 Å². The zero-order valence-corrected chi connectivity index (χ0v) is 30.0. The molecule has 0 spiro atoms. The molecule has 0 aliphatic carbocycles. The van der Waals surface area contributed by atoms with Crippen LogP contribution in [0, 0.1) is 20.8 Å². The van der Waals surface area contributed by atoms with Crippen LogP contribution in [0.5, 0.6) is 0 Å². The molecule has 5 aromatic carbocycles. The standard InChI is InChI=1S/C42H36N4O3S2/c1-27-17-19-31(20-18-27)37-29(3)50-42(45-37)46-41(49)38(32-13-6-4-7-14-32)51-35-23-21-34(22-24-35)43-40(48)36(26-30-12-10-11-28(2)25-30)44-39(47)33-15-8-5-9-16-33/h4-26,38H,1-3H3,(H,43,48)(H,44,47)(H,45,46,49)/b36-26-. The second kappa shape index (κ2) is 16.3. The Kier molecular flexibility index (Phi) is 11.2. The Morgan fingerprint density at radius 2 is 1.41 bits per heavy atom. The number of hydrogen-bond donors (Lipinski definition) is 3. The lowest BCUT2D eigenvalue weighted by Crippen LogP contribution is -2.30. The molecule has 9 heteroatoms. The van der Waals surface area contributed by atoms with Crippen LogP contribution in [0.2, 0.25) is 0 Å². The van der Waals surface area contributed by atoms with Crippen molar-refractivity contribution in [1.29, 1.82) is 0 Å². The van der Waals surface area contributed by atoms with Gasteiger partial charge in [0.15, 0.2) is 5.13 Å². The number of thioether (sulfide) groups is 1. The van der Waals surface area contributed by atoms with E-state index in [1.807, 2.05) is 106 Å². The summed E-state index contributed by atoms with van der Waals surface area (Å²) in [5, 5.41) is 8.73. The molecule has 1 unspecified atom stereocenters. The number of benzene rings is 5. The van der Waals surface area contributed by atoms with E-state index in [2.05, 4.69) is 28.1 Å². The summed E-state index contributed by atoms with van der Waals surface area (Å²) in [5.74, 6) is -1.04. The summed E-state index contributed by atoms with van der Waals surface area (Å²) in [6, 6.07) is 41.5. The molecule has 0 bridgehead atoms. The zero-order valence-electron chi connectivity index (χ0n) is 28.3. The molecule has 254 valence electrons. The lowest BCUT2D eigenvalue weighted by molar-refractivity contribution is -0.116. The number of amides is 3. The maximum atomic E-state index is 13.8. The Labute approximate surface area is 305 Å². The maximum absolute atomic E-state index is 13.8. The number of hydrogen-bond acceptors (Lipinski definition) is 6. The third kappa shape index (κ3) is 9.27. The van der Waals surface area contributed by atoms with Crippen LogP contribution < -0.4 is 16.0 Å². The minimum atomic E-state index is -0.560. The van der Waals surface area contributed by atoms with Crippen LogP contribution in [0.1, 0.15) is 42.7 Å². The van der Waals surface area contributed by atoms with Gasteiger partial charge in [0.25, 0.3) is 11.8 Å². The predicted octanol–water partition coefficient (Wildman–Crippen LogP) is 9.62. The molecule has 6 aromatic rings. The molecule has 0 saturated carbocycles. The molecule has 1 atom stereocenters. The third-order valence-corrected chi connectivity index (χ3v) is 10.1. The van der Waals surface area contributed by atoms with Crippen LogP contribution in [-0.2, 0) is 9.59 Å². The van der Waals surface area contributed by atoms with Crippen molar-refractivity contribution >= 4 is 57.7 Å². The van der Waals surface area contributed by atoms with E-state index in [1.54, 1.807) is 42.5 Å². The largest absolute Gasteiger partial charge is 0.321 e. The molecule has 6 rings (SSSR count). The highest BCUT2D eigenvalue weighted by Gasteiger charge is 2.24. The average molecular weight is 709 g/mol. The fourth-order valence-electron chi connectivity index (χ4n) is 5.32. The highest BCUT2D eigenvalue weighted by molar-refractivity contribution is 8.00. The van der Waals surface area contributed by atoms with Crippen molar-refractivity contribution in [2.45, 2.75) is 30.9 Å². The van der Waals surface area contributed by atoms with Crippen molar-refractivity contribution in [3.05, 3.63) is 172 Å². The van der Waals surface area contributed by atoms with E-state index < -0.39 is 11.2 Å². The van der Waals surface area contributed by atoms with Gasteiger partial charge in [-0.25, -0.2) is 4.98 Å². The van der Waals surface area contributed by atoms with Crippen molar-refractivity contribution in [1.82, 2.24) is 10.3 Å².